The second kappa shape index (κ2) is 4.96. The summed E-state index contributed by atoms with van der Waals surface area (Å²) in [7, 11) is 0. The van der Waals surface area contributed by atoms with Gasteiger partial charge in [-0.3, -0.25) is 4.79 Å². The van der Waals surface area contributed by atoms with Crippen molar-refractivity contribution in [3.05, 3.63) is 11.6 Å². The minimum atomic E-state index is -0.983. The van der Waals surface area contributed by atoms with Crippen LogP contribution in [0.1, 0.15) is 33.1 Å². The molecule has 0 aromatic carbocycles. The summed E-state index contributed by atoms with van der Waals surface area (Å²) in [5.74, 6) is -0.738. The standard InChI is InChI=1S/C11H17NO3/c1-3-9(11(14)15)12-10(13)6-7(2)8-4-5-8/h6,8-9H,3-5H2,1-2H3,(H,12,13)(H,14,15)/b7-6-. The average molecular weight is 211 g/mol. The molecule has 1 amide bonds. The molecule has 0 bridgehead atoms. The largest absolute Gasteiger partial charge is 0.480 e. The lowest BCUT2D eigenvalue weighted by Crippen LogP contribution is -2.39. The van der Waals surface area contributed by atoms with E-state index in [1.165, 1.54) is 6.08 Å². The fourth-order valence-corrected chi connectivity index (χ4v) is 1.42. The van der Waals surface area contributed by atoms with E-state index in [9.17, 15) is 9.59 Å². The summed E-state index contributed by atoms with van der Waals surface area (Å²) in [4.78, 5) is 22.1. The van der Waals surface area contributed by atoms with Gasteiger partial charge in [-0.15, -0.1) is 0 Å². The summed E-state index contributed by atoms with van der Waals surface area (Å²) in [6.07, 6.45) is 4.21. The lowest BCUT2D eigenvalue weighted by Gasteiger charge is -2.10. The van der Waals surface area contributed by atoms with Crippen molar-refractivity contribution in [1.82, 2.24) is 5.32 Å². The molecule has 4 heteroatoms. The van der Waals surface area contributed by atoms with E-state index < -0.39 is 12.0 Å². The minimum absolute atomic E-state index is 0.298. The Bertz CT molecular complexity index is 292. The van der Waals surface area contributed by atoms with Crippen molar-refractivity contribution in [2.24, 2.45) is 5.92 Å². The van der Waals surface area contributed by atoms with Gasteiger partial charge in [0, 0.05) is 6.08 Å². The minimum Gasteiger partial charge on any atom is -0.480 e. The molecule has 0 heterocycles. The Hall–Kier alpha value is -1.32. The fourth-order valence-electron chi connectivity index (χ4n) is 1.42. The average Bonchev–Trinajstić information content (AvgIpc) is 2.96. The van der Waals surface area contributed by atoms with Gasteiger partial charge in [0.15, 0.2) is 0 Å². The zero-order valence-electron chi connectivity index (χ0n) is 9.12. The third-order valence-electron chi connectivity index (χ3n) is 2.60. The summed E-state index contributed by atoms with van der Waals surface area (Å²) in [5, 5.41) is 11.2. The maximum atomic E-state index is 11.4. The number of nitrogens with one attached hydrogen (secondary N) is 1. The molecule has 1 atom stereocenters. The highest BCUT2D eigenvalue weighted by Crippen LogP contribution is 2.35. The number of allylic oxidation sites excluding steroid dienone is 1. The molecule has 1 aliphatic carbocycles. The van der Waals surface area contributed by atoms with Gasteiger partial charge in [-0.1, -0.05) is 12.5 Å². The molecule has 0 aromatic rings. The van der Waals surface area contributed by atoms with Crippen molar-refractivity contribution in [2.45, 2.75) is 39.2 Å². The van der Waals surface area contributed by atoms with Crippen LogP contribution in [0.25, 0.3) is 0 Å². The smallest absolute Gasteiger partial charge is 0.326 e. The first kappa shape index (κ1) is 11.8. The van der Waals surface area contributed by atoms with Gasteiger partial charge in [-0.05, 0) is 32.1 Å². The normalized spacial score (nSPS) is 18.4. The van der Waals surface area contributed by atoms with Gasteiger partial charge in [0.1, 0.15) is 6.04 Å². The van der Waals surface area contributed by atoms with Crippen LogP contribution in [0.2, 0.25) is 0 Å². The lowest BCUT2D eigenvalue weighted by molar-refractivity contribution is -0.141. The van der Waals surface area contributed by atoms with Gasteiger partial charge in [-0.25, -0.2) is 4.79 Å². The molecule has 0 radical (unpaired) electrons. The Morgan fingerprint density at radius 3 is 2.53 bits per heavy atom. The van der Waals surface area contributed by atoms with E-state index in [-0.39, 0.29) is 5.91 Å². The maximum absolute atomic E-state index is 11.4. The zero-order valence-corrected chi connectivity index (χ0v) is 9.12. The number of aliphatic carboxylic acids is 1. The summed E-state index contributed by atoms with van der Waals surface area (Å²) < 4.78 is 0. The highest BCUT2D eigenvalue weighted by molar-refractivity contribution is 5.91. The number of carboxylic acids is 1. The Labute approximate surface area is 89.4 Å². The molecule has 1 rings (SSSR count). The van der Waals surface area contributed by atoms with Crippen LogP contribution in [-0.2, 0) is 9.59 Å². The Morgan fingerprint density at radius 2 is 2.13 bits per heavy atom. The first-order valence-corrected chi connectivity index (χ1v) is 5.26. The number of rotatable bonds is 5. The van der Waals surface area contributed by atoms with Gasteiger partial charge in [0.25, 0.3) is 0 Å². The Balaban J connectivity index is 2.46. The molecule has 2 N–H and O–H groups in total. The van der Waals surface area contributed by atoms with Crippen LogP contribution in [0.15, 0.2) is 11.6 Å². The van der Waals surface area contributed by atoms with Crippen molar-refractivity contribution in [1.29, 1.82) is 0 Å². The number of hydrogen-bond acceptors (Lipinski definition) is 2. The molecule has 15 heavy (non-hydrogen) atoms. The Kier molecular flexibility index (Phi) is 3.88. The SMILES string of the molecule is CCC(NC(=O)/C=C(/C)C1CC1)C(=O)O. The molecule has 1 fully saturated rings. The second-order valence-electron chi connectivity index (χ2n) is 3.97. The number of hydrogen-bond donors (Lipinski definition) is 2. The van der Waals surface area contributed by atoms with Crippen molar-refractivity contribution >= 4 is 11.9 Å². The van der Waals surface area contributed by atoms with E-state index >= 15 is 0 Å². The second-order valence-corrected chi connectivity index (χ2v) is 3.97. The first-order valence-electron chi connectivity index (χ1n) is 5.26. The maximum Gasteiger partial charge on any atom is 0.326 e. The van der Waals surface area contributed by atoms with Crippen molar-refractivity contribution in [3.8, 4) is 0 Å². The number of carbonyl (C=O) groups excluding carboxylic acids is 1. The molecule has 0 saturated heterocycles. The van der Waals surface area contributed by atoms with Gasteiger partial charge >= 0.3 is 5.97 Å². The van der Waals surface area contributed by atoms with Gasteiger partial charge in [0.2, 0.25) is 5.91 Å². The molecule has 0 aromatic heterocycles. The molecule has 1 aliphatic rings. The zero-order chi connectivity index (χ0) is 11.4. The molecule has 0 aliphatic heterocycles. The molecule has 84 valence electrons. The summed E-state index contributed by atoms with van der Waals surface area (Å²) in [6.45, 7) is 3.65. The van der Waals surface area contributed by atoms with Crippen molar-refractivity contribution in [2.75, 3.05) is 0 Å². The van der Waals surface area contributed by atoms with E-state index in [1.54, 1.807) is 6.92 Å². The molecule has 0 spiro atoms. The summed E-state index contributed by atoms with van der Waals surface area (Å²) in [5.41, 5.74) is 1.05. The third-order valence-corrected chi connectivity index (χ3v) is 2.60. The van der Waals surface area contributed by atoms with E-state index in [1.807, 2.05) is 6.92 Å². The molecule has 4 nitrogen and oxygen atoms in total. The predicted molar refractivity (Wildman–Crippen MR) is 56.3 cm³/mol. The van der Waals surface area contributed by atoms with Gasteiger partial charge < -0.3 is 10.4 Å². The highest BCUT2D eigenvalue weighted by atomic mass is 16.4. The molecule has 1 unspecified atom stereocenters. The van der Waals surface area contributed by atoms with Crippen LogP contribution in [0.3, 0.4) is 0 Å². The van der Waals surface area contributed by atoms with Crippen LogP contribution in [0.5, 0.6) is 0 Å². The van der Waals surface area contributed by atoms with Crippen LogP contribution in [0.4, 0.5) is 0 Å². The van der Waals surface area contributed by atoms with E-state index in [0.29, 0.717) is 12.3 Å². The predicted octanol–water partition coefficient (Wildman–Crippen LogP) is 1.32. The Morgan fingerprint density at radius 1 is 1.53 bits per heavy atom. The van der Waals surface area contributed by atoms with Crippen molar-refractivity contribution in [3.63, 3.8) is 0 Å². The third kappa shape index (κ3) is 3.73. The van der Waals surface area contributed by atoms with E-state index in [2.05, 4.69) is 5.32 Å². The molecular weight excluding hydrogens is 194 g/mol. The van der Waals surface area contributed by atoms with Crippen LogP contribution < -0.4 is 5.32 Å². The number of carboxylic acid groups (broad SMARTS) is 1. The quantitative estimate of drug-likeness (QED) is 0.674. The number of carbonyl (C=O) groups is 2. The molecular formula is C11H17NO3. The van der Waals surface area contributed by atoms with Crippen LogP contribution >= 0.6 is 0 Å². The van der Waals surface area contributed by atoms with Crippen LogP contribution in [-0.4, -0.2) is 23.0 Å². The first-order chi connectivity index (χ1) is 7.04. The van der Waals surface area contributed by atoms with Crippen LogP contribution in [0, 0.1) is 5.92 Å². The van der Waals surface area contributed by atoms with E-state index in [0.717, 1.165) is 18.4 Å². The molecule has 1 saturated carbocycles. The summed E-state index contributed by atoms with van der Waals surface area (Å²) >= 11 is 0. The monoisotopic (exact) mass is 211 g/mol. The lowest BCUT2D eigenvalue weighted by atomic mass is 10.1. The fraction of sp³-hybridized carbons (Fsp3) is 0.636. The number of amides is 1. The van der Waals surface area contributed by atoms with Gasteiger partial charge in [-0.2, -0.15) is 0 Å². The van der Waals surface area contributed by atoms with E-state index in [4.69, 9.17) is 5.11 Å². The van der Waals surface area contributed by atoms with Gasteiger partial charge in [0.05, 0.1) is 0 Å². The topological polar surface area (TPSA) is 66.4 Å². The van der Waals surface area contributed by atoms with Crippen molar-refractivity contribution < 1.29 is 14.7 Å². The summed E-state index contributed by atoms with van der Waals surface area (Å²) in [6, 6.07) is -0.777. The highest BCUT2D eigenvalue weighted by Gasteiger charge is 2.24.